The standard InChI is InChI=1S/C18H18Cl2N2O3/c1-18(2,3)17(24)22(12-6-5-7-13(10-12)25-4)16(23)11-8-14(19)21-15(20)9-11/h5-10H,1-4H3. The summed E-state index contributed by atoms with van der Waals surface area (Å²) in [5.74, 6) is -0.378. The molecule has 1 aromatic carbocycles. The molecule has 5 nitrogen and oxygen atoms in total. The van der Waals surface area contributed by atoms with Gasteiger partial charge in [-0.15, -0.1) is 0 Å². The molecule has 0 aliphatic rings. The van der Waals surface area contributed by atoms with Gasteiger partial charge in [-0.1, -0.05) is 50.0 Å². The SMILES string of the molecule is COc1cccc(N(C(=O)c2cc(Cl)nc(Cl)c2)C(=O)C(C)(C)C)c1. The predicted molar refractivity (Wildman–Crippen MR) is 98.5 cm³/mol. The first-order valence-corrected chi connectivity index (χ1v) is 8.25. The molecule has 0 radical (unpaired) electrons. The monoisotopic (exact) mass is 380 g/mol. The lowest BCUT2D eigenvalue weighted by molar-refractivity contribution is -0.125. The molecule has 0 unspecified atom stereocenters. The minimum Gasteiger partial charge on any atom is -0.497 e. The lowest BCUT2D eigenvalue weighted by Gasteiger charge is -2.28. The van der Waals surface area contributed by atoms with Crippen LogP contribution in [0.15, 0.2) is 36.4 Å². The van der Waals surface area contributed by atoms with Crippen LogP contribution in [-0.4, -0.2) is 23.9 Å². The first-order chi connectivity index (χ1) is 11.6. The Bertz CT molecular complexity index is 796. The fraction of sp³-hybridized carbons (Fsp3) is 0.278. The van der Waals surface area contributed by atoms with E-state index in [9.17, 15) is 9.59 Å². The number of ether oxygens (including phenoxy) is 1. The number of imide groups is 1. The van der Waals surface area contributed by atoms with Crippen LogP contribution in [0.2, 0.25) is 10.3 Å². The Balaban J connectivity index is 2.58. The van der Waals surface area contributed by atoms with E-state index < -0.39 is 11.3 Å². The van der Waals surface area contributed by atoms with Gasteiger partial charge < -0.3 is 4.74 Å². The molecule has 0 fully saturated rings. The third-order valence-corrected chi connectivity index (χ3v) is 3.76. The van der Waals surface area contributed by atoms with Crippen molar-refractivity contribution in [3.05, 3.63) is 52.3 Å². The van der Waals surface area contributed by atoms with Gasteiger partial charge in [0, 0.05) is 17.0 Å². The maximum atomic E-state index is 13.1. The van der Waals surface area contributed by atoms with Crippen molar-refractivity contribution in [3.63, 3.8) is 0 Å². The highest BCUT2D eigenvalue weighted by Crippen LogP contribution is 2.28. The van der Waals surface area contributed by atoms with Crippen LogP contribution in [0.5, 0.6) is 5.75 Å². The number of hydrogen-bond donors (Lipinski definition) is 0. The second-order valence-corrected chi connectivity index (χ2v) is 7.17. The Hall–Kier alpha value is -2.11. The van der Waals surface area contributed by atoms with Crippen molar-refractivity contribution in [1.82, 2.24) is 4.98 Å². The van der Waals surface area contributed by atoms with Gasteiger partial charge in [-0.25, -0.2) is 9.88 Å². The minimum absolute atomic E-state index is 0.0737. The summed E-state index contributed by atoms with van der Waals surface area (Å²) < 4.78 is 5.19. The number of aromatic nitrogens is 1. The molecule has 1 aromatic heterocycles. The summed E-state index contributed by atoms with van der Waals surface area (Å²) in [6.07, 6.45) is 0. The molecule has 0 bridgehead atoms. The van der Waals surface area contributed by atoms with Gasteiger partial charge >= 0.3 is 0 Å². The largest absolute Gasteiger partial charge is 0.497 e. The Kier molecular flexibility index (Phi) is 5.70. The summed E-state index contributed by atoms with van der Waals surface area (Å²) in [6, 6.07) is 9.46. The lowest BCUT2D eigenvalue weighted by Crippen LogP contribution is -2.43. The van der Waals surface area contributed by atoms with E-state index in [1.807, 2.05) is 0 Å². The highest BCUT2D eigenvalue weighted by Gasteiger charge is 2.33. The van der Waals surface area contributed by atoms with E-state index in [0.29, 0.717) is 11.4 Å². The highest BCUT2D eigenvalue weighted by atomic mass is 35.5. The number of hydrogen-bond acceptors (Lipinski definition) is 4. The van der Waals surface area contributed by atoms with Crippen molar-refractivity contribution >= 4 is 40.7 Å². The van der Waals surface area contributed by atoms with Crippen LogP contribution >= 0.6 is 23.2 Å². The molecule has 7 heteroatoms. The molecule has 2 rings (SSSR count). The zero-order chi connectivity index (χ0) is 18.8. The van der Waals surface area contributed by atoms with Gasteiger partial charge in [0.15, 0.2) is 0 Å². The maximum absolute atomic E-state index is 13.1. The molecule has 0 N–H and O–H groups in total. The number of nitrogens with zero attached hydrogens (tertiary/aromatic N) is 2. The van der Waals surface area contributed by atoms with E-state index in [0.717, 1.165) is 4.90 Å². The van der Waals surface area contributed by atoms with Crippen LogP contribution in [0, 0.1) is 5.41 Å². The molecule has 2 aromatic rings. The number of methoxy groups -OCH3 is 1. The summed E-state index contributed by atoms with van der Waals surface area (Å²) in [5, 5.41) is 0.147. The molecular formula is C18H18Cl2N2O3. The van der Waals surface area contributed by atoms with Crippen LogP contribution in [0.3, 0.4) is 0 Å². The van der Waals surface area contributed by atoms with E-state index in [1.54, 1.807) is 45.0 Å². The normalized spacial score (nSPS) is 11.1. The summed E-state index contributed by atoms with van der Waals surface area (Å²) in [6.45, 7) is 5.22. The van der Waals surface area contributed by atoms with Gasteiger partial charge in [0.2, 0.25) is 5.91 Å². The average Bonchev–Trinajstić information content (AvgIpc) is 2.53. The molecule has 132 valence electrons. The van der Waals surface area contributed by atoms with Gasteiger partial charge in [-0.2, -0.15) is 0 Å². The first-order valence-electron chi connectivity index (χ1n) is 7.49. The summed E-state index contributed by atoms with van der Waals surface area (Å²) in [7, 11) is 1.51. The van der Waals surface area contributed by atoms with Crippen molar-refractivity contribution in [2.24, 2.45) is 5.41 Å². The van der Waals surface area contributed by atoms with Crippen molar-refractivity contribution in [2.45, 2.75) is 20.8 Å². The number of benzene rings is 1. The third kappa shape index (κ3) is 4.50. The maximum Gasteiger partial charge on any atom is 0.265 e. The molecule has 0 saturated heterocycles. The van der Waals surface area contributed by atoms with Gasteiger partial charge in [-0.3, -0.25) is 9.59 Å². The zero-order valence-corrected chi connectivity index (χ0v) is 15.9. The number of carbonyl (C=O) groups is 2. The summed E-state index contributed by atoms with van der Waals surface area (Å²) >= 11 is 11.8. The van der Waals surface area contributed by atoms with Gasteiger partial charge in [0.1, 0.15) is 16.1 Å². The summed E-state index contributed by atoms with van der Waals surface area (Å²) in [4.78, 5) is 30.9. The van der Waals surface area contributed by atoms with Crippen molar-refractivity contribution in [2.75, 3.05) is 12.0 Å². The van der Waals surface area contributed by atoms with E-state index in [-0.39, 0.29) is 21.8 Å². The number of halogens is 2. The van der Waals surface area contributed by atoms with Crippen LogP contribution in [0.4, 0.5) is 5.69 Å². The molecule has 1 heterocycles. The quantitative estimate of drug-likeness (QED) is 0.729. The first kappa shape index (κ1) is 19.2. The lowest BCUT2D eigenvalue weighted by atomic mass is 9.94. The number of pyridine rings is 1. The van der Waals surface area contributed by atoms with Gasteiger partial charge in [0.25, 0.3) is 5.91 Å². The van der Waals surface area contributed by atoms with E-state index >= 15 is 0 Å². The molecular weight excluding hydrogens is 363 g/mol. The number of anilines is 1. The number of rotatable bonds is 3. The Morgan fingerprint density at radius 3 is 2.20 bits per heavy atom. The van der Waals surface area contributed by atoms with Crippen molar-refractivity contribution in [1.29, 1.82) is 0 Å². The fourth-order valence-electron chi connectivity index (χ4n) is 2.13. The third-order valence-electron chi connectivity index (χ3n) is 3.37. The van der Waals surface area contributed by atoms with Crippen LogP contribution in [0.25, 0.3) is 0 Å². The predicted octanol–water partition coefficient (Wildman–Crippen LogP) is 4.62. The Labute approximate surface area is 156 Å². The molecule has 0 aliphatic heterocycles. The van der Waals surface area contributed by atoms with Crippen LogP contribution in [0.1, 0.15) is 31.1 Å². The van der Waals surface area contributed by atoms with E-state index in [1.165, 1.54) is 19.2 Å². The van der Waals surface area contributed by atoms with Gasteiger partial charge in [-0.05, 0) is 24.3 Å². The zero-order valence-electron chi connectivity index (χ0n) is 14.3. The molecule has 0 aliphatic carbocycles. The molecule has 2 amide bonds. The Morgan fingerprint density at radius 1 is 1.08 bits per heavy atom. The van der Waals surface area contributed by atoms with Crippen molar-refractivity contribution < 1.29 is 14.3 Å². The Morgan fingerprint density at radius 2 is 1.68 bits per heavy atom. The molecule has 0 saturated carbocycles. The second kappa shape index (κ2) is 7.42. The molecule has 0 spiro atoms. The summed E-state index contributed by atoms with van der Waals surface area (Å²) in [5.41, 5.74) is -0.210. The minimum atomic E-state index is -0.778. The van der Waals surface area contributed by atoms with Gasteiger partial charge in [0.05, 0.1) is 12.8 Å². The van der Waals surface area contributed by atoms with Crippen LogP contribution in [-0.2, 0) is 4.79 Å². The fourth-order valence-corrected chi connectivity index (χ4v) is 2.59. The number of carbonyl (C=O) groups excluding carboxylic acids is 2. The molecule has 25 heavy (non-hydrogen) atoms. The number of amides is 2. The highest BCUT2D eigenvalue weighted by molar-refractivity contribution is 6.33. The van der Waals surface area contributed by atoms with Crippen molar-refractivity contribution in [3.8, 4) is 5.75 Å². The topological polar surface area (TPSA) is 59.5 Å². The van der Waals surface area contributed by atoms with E-state index in [4.69, 9.17) is 27.9 Å². The smallest absolute Gasteiger partial charge is 0.265 e. The molecule has 0 atom stereocenters. The average molecular weight is 381 g/mol. The van der Waals surface area contributed by atoms with Crippen LogP contribution < -0.4 is 9.64 Å². The second-order valence-electron chi connectivity index (χ2n) is 6.40. The van der Waals surface area contributed by atoms with E-state index in [2.05, 4.69) is 4.98 Å².